The Kier molecular flexibility index (Phi) is 5.08. The van der Waals surface area contributed by atoms with Gasteiger partial charge in [0.2, 0.25) is 5.91 Å². The molecule has 0 bridgehead atoms. The fourth-order valence-corrected chi connectivity index (χ4v) is 5.04. The number of ether oxygens (including phenoxy) is 1. The zero-order valence-electron chi connectivity index (χ0n) is 18.3. The van der Waals surface area contributed by atoms with Gasteiger partial charge in [-0.1, -0.05) is 12.1 Å². The Morgan fingerprint density at radius 2 is 1.80 bits per heavy atom. The van der Waals surface area contributed by atoms with E-state index in [9.17, 15) is 4.79 Å². The summed E-state index contributed by atoms with van der Waals surface area (Å²) in [5.74, 6) is 3.92. The summed E-state index contributed by atoms with van der Waals surface area (Å²) in [6, 6.07) is 8.08. The van der Waals surface area contributed by atoms with E-state index in [1.54, 1.807) is 7.11 Å². The number of carbonyl (C=O) groups is 1. The summed E-state index contributed by atoms with van der Waals surface area (Å²) >= 11 is 0. The standard InChI is InChI=1S/C25H33N3O2/c1-18-16-26-23(28(18)17-20-3-4-20)15-19-9-13-27(14-10-19)24(29)25(11-12-25)21-5-7-22(30-2)8-6-21/h5-8,16,19-20H,3-4,9-15,17H2,1-2H3. The quantitative estimate of drug-likeness (QED) is 0.694. The van der Waals surface area contributed by atoms with Gasteiger partial charge in [0.25, 0.3) is 0 Å². The molecule has 160 valence electrons. The van der Waals surface area contributed by atoms with Gasteiger partial charge in [0.1, 0.15) is 11.6 Å². The van der Waals surface area contributed by atoms with Crippen molar-refractivity contribution in [2.45, 2.75) is 63.8 Å². The molecule has 2 aromatic rings. The maximum absolute atomic E-state index is 13.4. The maximum atomic E-state index is 13.4. The summed E-state index contributed by atoms with van der Waals surface area (Å²) in [6.07, 6.45) is 9.92. The average Bonchev–Trinajstić information content (AvgIpc) is 3.70. The first-order valence-electron chi connectivity index (χ1n) is 11.5. The van der Waals surface area contributed by atoms with Crippen molar-refractivity contribution in [1.82, 2.24) is 14.5 Å². The molecule has 5 rings (SSSR count). The van der Waals surface area contributed by atoms with E-state index in [1.807, 2.05) is 18.3 Å². The van der Waals surface area contributed by atoms with E-state index >= 15 is 0 Å². The van der Waals surface area contributed by atoms with Gasteiger partial charge in [0, 0.05) is 37.9 Å². The van der Waals surface area contributed by atoms with Crippen LogP contribution in [-0.4, -0.2) is 40.6 Å². The number of amides is 1. The van der Waals surface area contributed by atoms with Crippen LogP contribution < -0.4 is 4.74 Å². The lowest BCUT2D eigenvalue weighted by molar-refractivity contribution is -0.135. The molecule has 2 heterocycles. The van der Waals surface area contributed by atoms with Gasteiger partial charge < -0.3 is 14.2 Å². The zero-order valence-corrected chi connectivity index (χ0v) is 18.3. The van der Waals surface area contributed by atoms with Crippen LogP contribution in [0.25, 0.3) is 0 Å². The number of rotatable bonds is 7. The van der Waals surface area contributed by atoms with E-state index in [1.165, 1.54) is 24.4 Å². The van der Waals surface area contributed by atoms with Crippen molar-refractivity contribution in [2.75, 3.05) is 20.2 Å². The Bertz CT molecular complexity index is 901. The van der Waals surface area contributed by atoms with Crippen molar-refractivity contribution < 1.29 is 9.53 Å². The monoisotopic (exact) mass is 407 g/mol. The maximum Gasteiger partial charge on any atom is 0.233 e. The molecule has 0 spiro atoms. The van der Waals surface area contributed by atoms with Gasteiger partial charge in [-0.3, -0.25) is 4.79 Å². The van der Waals surface area contributed by atoms with Gasteiger partial charge in [-0.2, -0.15) is 0 Å². The minimum atomic E-state index is -0.281. The van der Waals surface area contributed by atoms with Gasteiger partial charge in [-0.15, -0.1) is 0 Å². The largest absolute Gasteiger partial charge is 0.497 e. The van der Waals surface area contributed by atoms with Crippen LogP contribution in [0.1, 0.15) is 55.6 Å². The second-order valence-electron chi connectivity index (χ2n) is 9.62. The molecule has 3 fully saturated rings. The fraction of sp³-hybridized carbons (Fsp3) is 0.600. The number of hydrogen-bond donors (Lipinski definition) is 0. The summed E-state index contributed by atoms with van der Waals surface area (Å²) in [4.78, 5) is 20.2. The third kappa shape index (κ3) is 3.75. The molecule has 0 radical (unpaired) electrons. The van der Waals surface area contributed by atoms with E-state index in [0.29, 0.717) is 11.8 Å². The number of aromatic nitrogens is 2. The van der Waals surface area contributed by atoms with E-state index < -0.39 is 0 Å². The highest BCUT2D eigenvalue weighted by molar-refractivity contribution is 5.91. The summed E-state index contributed by atoms with van der Waals surface area (Å²) in [5.41, 5.74) is 2.16. The van der Waals surface area contributed by atoms with Crippen LogP contribution >= 0.6 is 0 Å². The molecular weight excluding hydrogens is 374 g/mol. The van der Waals surface area contributed by atoms with Crippen molar-refractivity contribution in [3.05, 3.63) is 47.5 Å². The van der Waals surface area contributed by atoms with Gasteiger partial charge in [-0.05, 0) is 75.0 Å². The number of hydrogen-bond acceptors (Lipinski definition) is 3. The van der Waals surface area contributed by atoms with Crippen molar-refractivity contribution in [1.29, 1.82) is 0 Å². The number of piperidine rings is 1. The van der Waals surface area contributed by atoms with Crippen LogP contribution in [0, 0.1) is 18.8 Å². The minimum absolute atomic E-state index is 0.281. The molecule has 1 aromatic carbocycles. The molecule has 1 aliphatic heterocycles. The third-order valence-corrected chi connectivity index (χ3v) is 7.45. The summed E-state index contributed by atoms with van der Waals surface area (Å²) in [7, 11) is 1.68. The lowest BCUT2D eigenvalue weighted by Crippen LogP contribution is -2.44. The van der Waals surface area contributed by atoms with Gasteiger partial charge in [0.15, 0.2) is 0 Å². The van der Waals surface area contributed by atoms with Crippen molar-refractivity contribution in [3.8, 4) is 5.75 Å². The summed E-state index contributed by atoms with van der Waals surface area (Å²) in [5, 5.41) is 0. The molecule has 30 heavy (non-hydrogen) atoms. The van der Waals surface area contributed by atoms with Crippen LogP contribution in [-0.2, 0) is 23.2 Å². The predicted octanol–water partition coefficient (Wildman–Crippen LogP) is 4.12. The molecule has 2 aliphatic carbocycles. The van der Waals surface area contributed by atoms with E-state index in [2.05, 4.69) is 28.5 Å². The molecule has 2 saturated carbocycles. The molecule has 5 nitrogen and oxygen atoms in total. The normalized spacial score (nSPS) is 20.9. The van der Waals surface area contributed by atoms with E-state index in [-0.39, 0.29) is 5.41 Å². The van der Waals surface area contributed by atoms with Gasteiger partial charge in [0.05, 0.1) is 12.5 Å². The topological polar surface area (TPSA) is 47.4 Å². The lowest BCUT2D eigenvalue weighted by atomic mass is 9.90. The minimum Gasteiger partial charge on any atom is -0.497 e. The number of methoxy groups -OCH3 is 1. The predicted molar refractivity (Wildman–Crippen MR) is 117 cm³/mol. The molecule has 1 aromatic heterocycles. The second kappa shape index (κ2) is 7.75. The van der Waals surface area contributed by atoms with Crippen molar-refractivity contribution >= 4 is 5.91 Å². The number of nitrogens with zero attached hydrogens (tertiary/aromatic N) is 3. The SMILES string of the molecule is COc1ccc(C2(C(=O)N3CCC(Cc4ncc(C)n4CC4CC4)CC3)CC2)cc1. The summed E-state index contributed by atoms with van der Waals surface area (Å²) in [6.45, 7) is 5.07. The highest BCUT2D eigenvalue weighted by atomic mass is 16.5. The van der Waals surface area contributed by atoms with Crippen molar-refractivity contribution in [2.24, 2.45) is 11.8 Å². The van der Waals surface area contributed by atoms with Crippen LogP contribution in [0.5, 0.6) is 5.75 Å². The highest BCUT2D eigenvalue weighted by Crippen LogP contribution is 2.50. The second-order valence-corrected chi connectivity index (χ2v) is 9.62. The number of carbonyl (C=O) groups excluding carboxylic acids is 1. The number of likely N-dealkylation sites (tertiary alicyclic amines) is 1. The van der Waals surface area contributed by atoms with E-state index in [4.69, 9.17) is 9.72 Å². The molecule has 0 atom stereocenters. The molecule has 3 aliphatic rings. The zero-order chi connectivity index (χ0) is 20.7. The van der Waals surface area contributed by atoms with E-state index in [0.717, 1.165) is 69.0 Å². The van der Waals surface area contributed by atoms with Crippen LogP contribution in [0.3, 0.4) is 0 Å². The van der Waals surface area contributed by atoms with Crippen molar-refractivity contribution in [3.63, 3.8) is 0 Å². The first-order chi connectivity index (χ1) is 14.6. The Balaban J connectivity index is 1.19. The van der Waals surface area contributed by atoms with Crippen LogP contribution in [0.15, 0.2) is 30.5 Å². The van der Waals surface area contributed by atoms with Gasteiger partial charge >= 0.3 is 0 Å². The third-order valence-electron chi connectivity index (χ3n) is 7.45. The molecule has 0 N–H and O–H groups in total. The fourth-order valence-electron chi connectivity index (χ4n) is 5.04. The highest BCUT2D eigenvalue weighted by Gasteiger charge is 2.53. The first-order valence-corrected chi connectivity index (χ1v) is 11.5. The molecule has 1 saturated heterocycles. The lowest BCUT2D eigenvalue weighted by Gasteiger charge is -2.34. The Hall–Kier alpha value is -2.30. The molecule has 0 unspecified atom stereocenters. The van der Waals surface area contributed by atoms with Gasteiger partial charge in [-0.25, -0.2) is 4.98 Å². The Morgan fingerprint density at radius 1 is 1.10 bits per heavy atom. The Labute approximate surface area is 179 Å². The number of aryl methyl sites for hydroxylation is 1. The molecular formula is C25H33N3O2. The first kappa shape index (κ1) is 19.7. The number of benzene rings is 1. The Morgan fingerprint density at radius 3 is 2.40 bits per heavy atom. The molecule has 1 amide bonds. The van der Waals surface area contributed by atoms with Crippen LogP contribution in [0.4, 0.5) is 0 Å². The summed E-state index contributed by atoms with van der Waals surface area (Å²) < 4.78 is 7.71. The number of imidazole rings is 1. The van der Waals surface area contributed by atoms with Crippen LogP contribution in [0.2, 0.25) is 0 Å². The molecule has 5 heteroatoms. The smallest absolute Gasteiger partial charge is 0.233 e. The average molecular weight is 408 g/mol.